The summed E-state index contributed by atoms with van der Waals surface area (Å²) >= 11 is 0. The second kappa shape index (κ2) is 6.23. The van der Waals surface area contributed by atoms with Crippen molar-refractivity contribution in [3.8, 4) is 0 Å². The minimum Gasteiger partial charge on any atom is -0.324 e. The summed E-state index contributed by atoms with van der Waals surface area (Å²) in [5, 5.41) is 13.2. The summed E-state index contributed by atoms with van der Waals surface area (Å²) in [5.74, 6) is -1.30. The highest BCUT2D eigenvalue weighted by atomic mass is 16.6. The third kappa shape index (κ3) is 3.17. The van der Waals surface area contributed by atoms with E-state index < -0.39 is 28.7 Å². The number of nitro benzene ring substituents is 1. The molecular formula is C16H15N3O5. The molecule has 124 valence electrons. The van der Waals surface area contributed by atoms with Gasteiger partial charge in [-0.25, -0.2) is 0 Å². The first-order valence-corrected chi connectivity index (χ1v) is 7.55. The zero-order chi connectivity index (χ0) is 17.3. The number of imide groups is 1. The first-order valence-electron chi connectivity index (χ1n) is 7.55. The van der Waals surface area contributed by atoms with Gasteiger partial charge >= 0.3 is 0 Å². The van der Waals surface area contributed by atoms with Crippen LogP contribution in [0, 0.1) is 10.1 Å². The van der Waals surface area contributed by atoms with Gasteiger partial charge in [0.1, 0.15) is 6.04 Å². The maximum absolute atomic E-state index is 12.5. The summed E-state index contributed by atoms with van der Waals surface area (Å²) in [4.78, 5) is 47.6. The van der Waals surface area contributed by atoms with E-state index in [1.807, 2.05) is 0 Å². The smallest absolute Gasteiger partial charge is 0.276 e. The number of hydrogen-bond acceptors (Lipinski definition) is 5. The van der Waals surface area contributed by atoms with Crippen molar-refractivity contribution in [2.75, 3.05) is 0 Å². The Morgan fingerprint density at radius 2 is 2.00 bits per heavy atom. The SMILES string of the molecule is O=C1C[C@@H](N(C(=O)/C=C\c2ccccc2[N+](=O)[O-])C2CC2)C(=O)N1. The van der Waals surface area contributed by atoms with Crippen LogP contribution >= 0.6 is 0 Å². The number of carbonyl (C=O) groups excluding carboxylic acids is 3. The molecule has 24 heavy (non-hydrogen) atoms. The van der Waals surface area contributed by atoms with Gasteiger partial charge in [0.15, 0.2) is 0 Å². The van der Waals surface area contributed by atoms with Gasteiger partial charge in [-0.05, 0) is 25.0 Å². The Hall–Kier alpha value is -3.03. The van der Waals surface area contributed by atoms with Gasteiger partial charge < -0.3 is 4.90 Å². The highest BCUT2D eigenvalue weighted by molar-refractivity contribution is 6.08. The lowest BCUT2D eigenvalue weighted by molar-refractivity contribution is -0.385. The van der Waals surface area contributed by atoms with E-state index in [1.54, 1.807) is 12.1 Å². The second-order valence-corrected chi connectivity index (χ2v) is 5.76. The molecule has 0 aromatic heterocycles. The topological polar surface area (TPSA) is 110 Å². The van der Waals surface area contributed by atoms with E-state index in [4.69, 9.17) is 0 Å². The number of benzene rings is 1. The summed E-state index contributed by atoms with van der Waals surface area (Å²) in [5.41, 5.74) is 0.201. The van der Waals surface area contributed by atoms with Crippen LogP contribution in [-0.2, 0) is 14.4 Å². The van der Waals surface area contributed by atoms with Crippen molar-refractivity contribution in [1.82, 2.24) is 10.2 Å². The van der Waals surface area contributed by atoms with E-state index in [0.29, 0.717) is 5.56 Å². The minimum atomic E-state index is -0.798. The van der Waals surface area contributed by atoms with Crippen molar-refractivity contribution >= 4 is 29.5 Å². The van der Waals surface area contributed by atoms with Crippen LogP contribution in [0.3, 0.4) is 0 Å². The first kappa shape index (κ1) is 15.9. The molecule has 8 heteroatoms. The van der Waals surface area contributed by atoms with Crippen LogP contribution in [0.4, 0.5) is 5.69 Å². The van der Waals surface area contributed by atoms with E-state index in [1.165, 1.54) is 29.2 Å². The van der Waals surface area contributed by atoms with Crippen LogP contribution in [0.2, 0.25) is 0 Å². The molecular weight excluding hydrogens is 314 g/mol. The molecule has 3 amide bonds. The molecule has 1 saturated carbocycles. The van der Waals surface area contributed by atoms with Crippen LogP contribution < -0.4 is 5.32 Å². The quantitative estimate of drug-likeness (QED) is 0.375. The molecule has 1 N–H and O–H groups in total. The van der Waals surface area contributed by atoms with Crippen molar-refractivity contribution in [2.24, 2.45) is 0 Å². The fourth-order valence-corrected chi connectivity index (χ4v) is 2.75. The van der Waals surface area contributed by atoms with Gasteiger partial charge in [-0.2, -0.15) is 0 Å². The zero-order valence-corrected chi connectivity index (χ0v) is 12.7. The summed E-state index contributed by atoms with van der Waals surface area (Å²) < 4.78 is 0. The van der Waals surface area contributed by atoms with Crippen molar-refractivity contribution in [3.63, 3.8) is 0 Å². The molecule has 0 spiro atoms. The lowest BCUT2D eigenvalue weighted by Crippen LogP contribution is -2.45. The third-order valence-corrected chi connectivity index (χ3v) is 4.01. The van der Waals surface area contributed by atoms with Gasteiger partial charge in [0.2, 0.25) is 17.7 Å². The highest BCUT2D eigenvalue weighted by Crippen LogP contribution is 2.31. The fraction of sp³-hybridized carbons (Fsp3) is 0.312. The molecule has 8 nitrogen and oxygen atoms in total. The number of hydrogen-bond donors (Lipinski definition) is 1. The largest absolute Gasteiger partial charge is 0.324 e. The maximum Gasteiger partial charge on any atom is 0.276 e. The molecule has 1 aromatic rings. The van der Waals surface area contributed by atoms with E-state index in [9.17, 15) is 24.5 Å². The Kier molecular flexibility index (Phi) is 4.11. The van der Waals surface area contributed by atoms with Crippen LogP contribution in [0.15, 0.2) is 30.3 Å². The fourth-order valence-electron chi connectivity index (χ4n) is 2.75. The normalized spacial score (nSPS) is 20.2. The van der Waals surface area contributed by atoms with Crippen LogP contribution in [0.5, 0.6) is 0 Å². The van der Waals surface area contributed by atoms with Crippen molar-refractivity contribution in [2.45, 2.75) is 31.3 Å². The van der Waals surface area contributed by atoms with Crippen LogP contribution in [0.1, 0.15) is 24.8 Å². The minimum absolute atomic E-state index is 0.0413. The van der Waals surface area contributed by atoms with Gasteiger partial charge in [-0.1, -0.05) is 12.1 Å². The average molecular weight is 329 g/mol. The van der Waals surface area contributed by atoms with E-state index in [2.05, 4.69) is 5.32 Å². The molecule has 1 heterocycles. The first-order chi connectivity index (χ1) is 11.5. The molecule has 3 rings (SSSR count). The van der Waals surface area contributed by atoms with Gasteiger partial charge in [0.25, 0.3) is 5.69 Å². The number of amides is 3. The summed E-state index contributed by atoms with van der Waals surface area (Å²) in [6, 6.07) is 5.21. The number of nitro groups is 1. The lowest BCUT2D eigenvalue weighted by Gasteiger charge is -2.25. The second-order valence-electron chi connectivity index (χ2n) is 5.76. The van der Waals surface area contributed by atoms with Gasteiger partial charge in [0, 0.05) is 18.2 Å². The van der Waals surface area contributed by atoms with Crippen molar-refractivity contribution in [1.29, 1.82) is 0 Å². The lowest BCUT2D eigenvalue weighted by atomic mass is 10.1. The molecule has 2 aliphatic rings. The molecule has 1 aromatic carbocycles. The predicted octanol–water partition coefficient (Wildman–Crippen LogP) is 1.01. The summed E-state index contributed by atoms with van der Waals surface area (Å²) in [7, 11) is 0. The van der Waals surface area contributed by atoms with E-state index >= 15 is 0 Å². The Labute approximate surface area is 137 Å². The highest BCUT2D eigenvalue weighted by Gasteiger charge is 2.43. The molecule has 0 unspecified atom stereocenters. The predicted molar refractivity (Wildman–Crippen MR) is 83.6 cm³/mol. The number of carbonyl (C=O) groups is 3. The molecule has 0 bridgehead atoms. The van der Waals surface area contributed by atoms with Crippen LogP contribution in [0.25, 0.3) is 6.08 Å². The average Bonchev–Trinajstić information content (AvgIpc) is 3.31. The molecule has 0 radical (unpaired) electrons. The zero-order valence-electron chi connectivity index (χ0n) is 12.7. The van der Waals surface area contributed by atoms with E-state index in [0.717, 1.165) is 12.8 Å². The maximum atomic E-state index is 12.5. The Morgan fingerprint density at radius 3 is 2.58 bits per heavy atom. The number of para-hydroxylation sites is 1. The Morgan fingerprint density at radius 1 is 1.29 bits per heavy atom. The molecule has 1 aliphatic carbocycles. The number of nitrogens with zero attached hydrogens (tertiary/aromatic N) is 2. The third-order valence-electron chi connectivity index (χ3n) is 4.01. The monoisotopic (exact) mass is 329 g/mol. The van der Waals surface area contributed by atoms with Crippen molar-refractivity contribution in [3.05, 3.63) is 46.0 Å². The summed E-state index contributed by atoms with van der Waals surface area (Å²) in [6.45, 7) is 0. The molecule has 2 fully saturated rings. The van der Waals surface area contributed by atoms with Gasteiger partial charge in [-0.3, -0.25) is 29.8 Å². The summed E-state index contributed by atoms with van der Waals surface area (Å²) in [6.07, 6.45) is 4.10. The number of nitrogens with one attached hydrogen (secondary N) is 1. The Bertz CT molecular complexity index is 754. The number of rotatable bonds is 5. The van der Waals surface area contributed by atoms with Gasteiger partial charge in [-0.15, -0.1) is 0 Å². The Balaban J connectivity index is 1.81. The van der Waals surface area contributed by atoms with E-state index in [-0.39, 0.29) is 18.2 Å². The van der Waals surface area contributed by atoms with Crippen LogP contribution in [-0.4, -0.2) is 39.6 Å². The molecule has 1 aliphatic heterocycles. The molecule has 1 atom stereocenters. The molecule has 1 saturated heterocycles. The van der Waals surface area contributed by atoms with Crippen molar-refractivity contribution < 1.29 is 19.3 Å². The van der Waals surface area contributed by atoms with Gasteiger partial charge in [0.05, 0.1) is 16.9 Å². The standard InChI is InChI=1S/C16H15N3O5/c20-14-9-13(16(22)17-14)18(11-6-7-11)15(21)8-5-10-3-1-2-4-12(10)19(23)24/h1-5,8,11,13H,6-7,9H2,(H,17,20,22)/b8-5-/t13-/m1/s1.